The summed E-state index contributed by atoms with van der Waals surface area (Å²) in [5, 5.41) is 0.0290. The molecule has 1 saturated heterocycles. The Bertz CT molecular complexity index is 535. The van der Waals surface area contributed by atoms with Crippen molar-refractivity contribution in [3.63, 3.8) is 0 Å². The standard InChI is InChI=1S/C11H16ClN3O3S/c1-3-9-7-18-8(2)6-15(9)19(16,17)10-4-13-11(12)14-5-10/h4-5,8-9H,3,6-7H2,1-2H3. The lowest BCUT2D eigenvalue weighted by atomic mass is 10.2. The minimum Gasteiger partial charge on any atom is -0.375 e. The predicted molar refractivity (Wildman–Crippen MR) is 70.4 cm³/mol. The topological polar surface area (TPSA) is 72.4 Å². The van der Waals surface area contributed by atoms with Crippen molar-refractivity contribution in [1.82, 2.24) is 14.3 Å². The van der Waals surface area contributed by atoms with Gasteiger partial charge in [-0.2, -0.15) is 4.31 Å². The van der Waals surface area contributed by atoms with Crippen molar-refractivity contribution in [1.29, 1.82) is 0 Å². The molecule has 6 nitrogen and oxygen atoms in total. The Hall–Kier alpha value is -0.760. The van der Waals surface area contributed by atoms with Crippen molar-refractivity contribution >= 4 is 21.6 Å². The number of aromatic nitrogens is 2. The maximum absolute atomic E-state index is 12.6. The van der Waals surface area contributed by atoms with Gasteiger partial charge in [-0.3, -0.25) is 0 Å². The zero-order chi connectivity index (χ0) is 14.0. The molecule has 0 bridgehead atoms. The van der Waals surface area contributed by atoms with Gasteiger partial charge in [-0.15, -0.1) is 0 Å². The lowest BCUT2D eigenvalue weighted by molar-refractivity contribution is -0.0230. The van der Waals surface area contributed by atoms with Gasteiger partial charge in [0.05, 0.1) is 25.1 Å². The van der Waals surface area contributed by atoms with Gasteiger partial charge in [-0.25, -0.2) is 18.4 Å². The predicted octanol–water partition coefficient (Wildman–Crippen LogP) is 1.32. The van der Waals surface area contributed by atoms with E-state index in [0.717, 1.165) is 0 Å². The molecule has 1 aromatic rings. The van der Waals surface area contributed by atoms with Crippen molar-refractivity contribution in [3.05, 3.63) is 17.7 Å². The summed E-state index contributed by atoms with van der Waals surface area (Å²) in [5.74, 6) is 0. The van der Waals surface area contributed by atoms with Gasteiger partial charge in [-0.1, -0.05) is 6.92 Å². The van der Waals surface area contributed by atoms with E-state index in [2.05, 4.69) is 9.97 Å². The molecule has 0 amide bonds. The van der Waals surface area contributed by atoms with E-state index in [1.165, 1.54) is 16.7 Å². The Morgan fingerprint density at radius 3 is 2.68 bits per heavy atom. The number of nitrogens with zero attached hydrogens (tertiary/aromatic N) is 3. The Kier molecular flexibility index (Phi) is 4.39. The monoisotopic (exact) mass is 305 g/mol. The summed E-state index contributed by atoms with van der Waals surface area (Å²) in [6.07, 6.45) is 3.04. The average molecular weight is 306 g/mol. The smallest absolute Gasteiger partial charge is 0.246 e. The molecule has 0 aromatic carbocycles. The molecule has 2 atom stereocenters. The molecule has 2 rings (SSSR count). The Morgan fingerprint density at radius 1 is 1.47 bits per heavy atom. The maximum atomic E-state index is 12.6. The number of hydrogen-bond acceptors (Lipinski definition) is 5. The second-order valence-electron chi connectivity index (χ2n) is 4.47. The van der Waals surface area contributed by atoms with Gasteiger partial charge < -0.3 is 4.74 Å². The summed E-state index contributed by atoms with van der Waals surface area (Å²) in [5.41, 5.74) is 0. The van der Waals surface area contributed by atoms with Crippen LogP contribution in [0.5, 0.6) is 0 Å². The van der Waals surface area contributed by atoms with E-state index in [9.17, 15) is 8.42 Å². The third-order valence-corrected chi connectivity index (χ3v) is 5.16. The van der Waals surface area contributed by atoms with Crippen LogP contribution in [-0.4, -0.2) is 48.0 Å². The summed E-state index contributed by atoms with van der Waals surface area (Å²) in [6, 6.07) is -0.156. The summed E-state index contributed by atoms with van der Waals surface area (Å²) < 4.78 is 32.1. The van der Waals surface area contributed by atoms with E-state index in [-0.39, 0.29) is 22.3 Å². The van der Waals surface area contributed by atoms with Crippen molar-refractivity contribution in [2.75, 3.05) is 13.2 Å². The largest absolute Gasteiger partial charge is 0.375 e. The van der Waals surface area contributed by atoms with Gasteiger partial charge in [0, 0.05) is 12.6 Å². The molecule has 1 aromatic heterocycles. The SMILES string of the molecule is CCC1COC(C)CN1S(=O)(=O)c1cnc(Cl)nc1. The summed E-state index contributed by atoms with van der Waals surface area (Å²) in [7, 11) is -3.60. The second-order valence-corrected chi connectivity index (χ2v) is 6.70. The van der Waals surface area contributed by atoms with Crippen LogP contribution < -0.4 is 0 Å². The Balaban J connectivity index is 2.33. The normalized spacial score (nSPS) is 25.4. The number of sulfonamides is 1. The highest BCUT2D eigenvalue weighted by Crippen LogP contribution is 2.23. The lowest BCUT2D eigenvalue weighted by Crippen LogP contribution is -2.51. The molecule has 1 fully saturated rings. The van der Waals surface area contributed by atoms with Gasteiger partial charge in [0.15, 0.2) is 0 Å². The number of rotatable bonds is 3. The first-order valence-corrected chi connectivity index (χ1v) is 7.88. The number of hydrogen-bond donors (Lipinski definition) is 0. The molecule has 0 spiro atoms. The van der Waals surface area contributed by atoms with Crippen LogP contribution in [0.3, 0.4) is 0 Å². The number of morpholine rings is 1. The van der Waals surface area contributed by atoms with E-state index in [1.807, 2.05) is 13.8 Å². The second kappa shape index (κ2) is 5.70. The molecule has 8 heteroatoms. The lowest BCUT2D eigenvalue weighted by Gasteiger charge is -2.37. The molecule has 0 radical (unpaired) electrons. The van der Waals surface area contributed by atoms with Crippen LogP contribution in [0.1, 0.15) is 20.3 Å². The minimum atomic E-state index is -3.60. The fourth-order valence-corrected chi connectivity index (χ4v) is 3.75. The molecule has 0 aliphatic carbocycles. The van der Waals surface area contributed by atoms with E-state index < -0.39 is 10.0 Å². The summed E-state index contributed by atoms with van der Waals surface area (Å²) in [6.45, 7) is 4.53. The zero-order valence-corrected chi connectivity index (χ0v) is 12.4. The zero-order valence-electron chi connectivity index (χ0n) is 10.8. The number of halogens is 1. The van der Waals surface area contributed by atoms with Gasteiger partial charge in [-0.05, 0) is 24.9 Å². The fourth-order valence-electron chi connectivity index (χ4n) is 2.00. The van der Waals surface area contributed by atoms with Crippen LogP contribution in [0.25, 0.3) is 0 Å². The van der Waals surface area contributed by atoms with Crippen LogP contribution in [0.2, 0.25) is 5.28 Å². The van der Waals surface area contributed by atoms with Crippen molar-refractivity contribution < 1.29 is 13.2 Å². The highest BCUT2D eigenvalue weighted by Gasteiger charge is 2.35. The third kappa shape index (κ3) is 3.05. The Labute approximate surface area is 117 Å². The minimum absolute atomic E-state index is 0.0290. The molecule has 1 aliphatic heterocycles. The molecular weight excluding hydrogens is 290 g/mol. The number of ether oxygens (including phenoxy) is 1. The van der Waals surface area contributed by atoms with Crippen molar-refractivity contribution in [3.8, 4) is 0 Å². The molecule has 0 N–H and O–H groups in total. The first-order valence-electron chi connectivity index (χ1n) is 6.06. The molecule has 2 heterocycles. The van der Waals surface area contributed by atoms with Crippen molar-refractivity contribution in [2.45, 2.75) is 37.3 Å². The van der Waals surface area contributed by atoms with Crippen LogP contribution in [0.4, 0.5) is 0 Å². The van der Waals surface area contributed by atoms with Gasteiger partial charge in [0.25, 0.3) is 0 Å². The molecule has 0 saturated carbocycles. The quantitative estimate of drug-likeness (QED) is 0.788. The summed E-state index contributed by atoms with van der Waals surface area (Å²) in [4.78, 5) is 7.51. The van der Waals surface area contributed by atoms with E-state index in [1.54, 1.807) is 0 Å². The van der Waals surface area contributed by atoms with Crippen LogP contribution >= 0.6 is 11.6 Å². The first kappa shape index (κ1) is 14.6. The molecule has 106 valence electrons. The van der Waals surface area contributed by atoms with Crippen LogP contribution in [0, 0.1) is 0 Å². The fraction of sp³-hybridized carbons (Fsp3) is 0.636. The van der Waals surface area contributed by atoms with Gasteiger partial charge >= 0.3 is 0 Å². The third-order valence-electron chi connectivity index (χ3n) is 3.09. The molecular formula is C11H16ClN3O3S. The maximum Gasteiger partial charge on any atom is 0.246 e. The summed E-state index contributed by atoms with van der Waals surface area (Å²) >= 11 is 5.58. The van der Waals surface area contributed by atoms with E-state index >= 15 is 0 Å². The highest BCUT2D eigenvalue weighted by atomic mass is 35.5. The Morgan fingerprint density at radius 2 is 2.11 bits per heavy atom. The first-order chi connectivity index (χ1) is 8.95. The van der Waals surface area contributed by atoms with Crippen LogP contribution in [0.15, 0.2) is 17.3 Å². The van der Waals surface area contributed by atoms with E-state index in [0.29, 0.717) is 19.6 Å². The average Bonchev–Trinajstić information content (AvgIpc) is 2.39. The highest BCUT2D eigenvalue weighted by molar-refractivity contribution is 7.89. The molecule has 1 aliphatic rings. The van der Waals surface area contributed by atoms with Gasteiger partial charge in [0.1, 0.15) is 4.90 Å². The molecule has 19 heavy (non-hydrogen) atoms. The molecule has 2 unspecified atom stereocenters. The van der Waals surface area contributed by atoms with Crippen molar-refractivity contribution in [2.24, 2.45) is 0 Å². The van der Waals surface area contributed by atoms with E-state index in [4.69, 9.17) is 16.3 Å². The van der Waals surface area contributed by atoms with Crippen LogP contribution in [-0.2, 0) is 14.8 Å². The van der Waals surface area contributed by atoms with Gasteiger partial charge in [0.2, 0.25) is 15.3 Å².